The van der Waals surface area contributed by atoms with E-state index >= 15 is 0 Å². The normalized spacial score (nSPS) is 12.4. The second-order valence-corrected chi connectivity index (χ2v) is 7.24. The van der Waals surface area contributed by atoms with Gasteiger partial charge in [0.05, 0.1) is 16.5 Å². The summed E-state index contributed by atoms with van der Waals surface area (Å²) in [5.74, 6) is 0.505. The number of anilines is 1. The molecule has 3 rings (SSSR count). The fraction of sp³-hybridized carbons (Fsp3) is 0.263. The number of fused-ring (bicyclic) bond motifs is 1. The van der Waals surface area contributed by atoms with Gasteiger partial charge in [0.1, 0.15) is 13.2 Å². The monoisotopic (exact) mass is 407 g/mol. The molecule has 0 spiro atoms. The van der Waals surface area contributed by atoms with Crippen molar-refractivity contribution < 1.29 is 23.8 Å². The second kappa shape index (κ2) is 9.01. The first-order valence-corrected chi connectivity index (χ1v) is 9.62. The summed E-state index contributed by atoms with van der Waals surface area (Å²) in [7, 11) is 0. The van der Waals surface area contributed by atoms with Crippen molar-refractivity contribution >= 4 is 40.9 Å². The van der Waals surface area contributed by atoms with Gasteiger partial charge in [-0.2, -0.15) is 0 Å². The highest BCUT2D eigenvalue weighted by Gasteiger charge is 2.14. The zero-order valence-corrected chi connectivity index (χ0v) is 16.2. The van der Waals surface area contributed by atoms with Crippen LogP contribution in [-0.2, 0) is 14.3 Å². The van der Waals surface area contributed by atoms with Crippen molar-refractivity contribution in [1.29, 1.82) is 0 Å². The van der Waals surface area contributed by atoms with Gasteiger partial charge < -0.3 is 19.5 Å². The summed E-state index contributed by atoms with van der Waals surface area (Å²) >= 11 is 7.36. The molecule has 1 aliphatic rings. The van der Waals surface area contributed by atoms with Gasteiger partial charge in [0.15, 0.2) is 18.1 Å². The molecule has 0 saturated carbocycles. The van der Waals surface area contributed by atoms with E-state index in [1.165, 1.54) is 11.8 Å². The fourth-order valence-corrected chi connectivity index (χ4v) is 3.36. The Morgan fingerprint density at radius 3 is 2.70 bits per heavy atom. The lowest BCUT2D eigenvalue weighted by Gasteiger charge is -2.18. The number of esters is 1. The molecule has 0 radical (unpaired) electrons. The summed E-state index contributed by atoms with van der Waals surface area (Å²) in [4.78, 5) is 24.6. The number of benzene rings is 2. The highest BCUT2D eigenvalue weighted by atomic mass is 35.5. The molecule has 0 unspecified atom stereocenters. The zero-order valence-electron chi connectivity index (χ0n) is 14.6. The fourth-order valence-electron chi connectivity index (χ4n) is 2.35. The van der Waals surface area contributed by atoms with Gasteiger partial charge in [0, 0.05) is 4.90 Å². The molecule has 0 saturated heterocycles. The van der Waals surface area contributed by atoms with Crippen LogP contribution in [0.1, 0.15) is 5.56 Å². The van der Waals surface area contributed by atoms with Crippen molar-refractivity contribution in [3.63, 3.8) is 0 Å². The molecule has 142 valence electrons. The van der Waals surface area contributed by atoms with Crippen molar-refractivity contribution in [3.05, 3.63) is 47.0 Å². The van der Waals surface area contributed by atoms with Crippen molar-refractivity contribution in [2.45, 2.75) is 11.8 Å². The topological polar surface area (TPSA) is 73.9 Å². The maximum atomic E-state index is 11.9. The molecule has 0 aromatic heterocycles. The van der Waals surface area contributed by atoms with Gasteiger partial charge in [-0.05, 0) is 42.8 Å². The van der Waals surface area contributed by atoms with E-state index in [0.717, 1.165) is 10.5 Å². The number of carbonyl (C=O) groups excluding carboxylic acids is 2. The molecule has 27 heavy (non-hydrogen) atoms. The molecule has 0 bridgehead atoms. The molecule has 1 N–H and O–H groups in total. The average molecular weight is 408 g/mol. The standard InChI is InChI=1S/C19H18ClNO5S/c1-12-2-4-15(14(20)8-12)21-18(22)10-26-19(23)11-27-13-3-5-16-17(9-13)25-7-6-24-16/h2-5,8-9H,6-7,10-11H2,1H3,(H,21,22). The third kappa shape index (κ3) is 5.55. The van der Waals surface area contributed by atoms with Gasteiger partial charge in [0.2, 0.25) is 0 Å². The van der Waals surface area contributed by atoms with E-state index in [-0.39, 0.29) is 12.4 Å². The molecule has 8 heteroatoms. The Hall–Kier alpha value is -2.38. The van der Waals surface area contributed by atoms with E-state index in [4.69, 9.17) is 25.8 Å². The largest absolute Gasteiger partial charge is 0.486 e. The minimum atomic E-state index is -0.486. The lowest BCUT2D eigenvalue weighted by atomic mass is 10.2. The van der Waals surface area contributed by atoms with Crippen LogP contribution < -0.4 is 14.8 Å². The Labute approximate surface area is 166 Å². The number of thioether (sulfide) groups is 1. The van der Waals surface area contributed by atoms with Crippen LogP contribution in [0.25, 0.3) is 0 Å². The zero-order chi connectivity index (χ0) is 19.2. The summed E-state index contributed by atoms with van der Waals surface area (Å²) in [5, 5.41) is 3.05. The average Bonchev–Trinajstić information content (AvgIpc) is 2.67. The number of carbonyl (C=O) groups is 2. The third-order valence-electron chi connectivity index (χ3n) is 3.63. The number of ether oxygens (including phenoxy) is 3. The van der Waals surface area contributed by atoms with Crippen molar-refractivity contribution in [2.75, 3.05) is 30.9 Å². The molecule has 0 atom stereocenters. The van der Waals surface area contributed by atoms with Gasteiger partial charge in [-0.3, -0.25) is 9.59 Å². The van der Waals surface area contributed by atoms with Crippen LogP contribution in [0.5, 0.6) is 11.5 Å². The lowest BCUT2D eigenvalue weighted by Crippen LogP contribution is -2.21. The molecule has 2 aromatic carbocycles. The molecular formula is C19H18ClNO5S. The Bertz CT molecular complexity index is 858. The van der Waals surface area contributed by atoms with E-state index in [0.29, 0.717) is 35.4 Å². The Morgan fingerprint density at radius 2 is 1.93 bits per heavy atom. The van der Waals surface area contributed by atoms with Crippen molar-refractivity contribution in [1.82, 2.24) is 0 Å². The number of hydrogen-bond donors (Lipinski definition) is 1. The van der Waals surface area contributed by atoms with Crippen LogP contribution >= 0.6 is 23.4 Å². The van der Waals surface area contributed by atoms with Gasteiger partial charge in [-0.15, -0.1) is 11.8 Å². The number of rotatable bonds is 6. The van der Waals surface area contributed by atoms with E-state index in [2.05, 4.69) is 5.32 Å². The minimum absolute atomic E-state index is 0.0816. The maximum absolute atomic E-state index is 11.9. The van der Waals surface area contributed by atoms with Gasteiger partial charge in [-0.1, -0.05) is 17.7 Å². The number of halogens is 1. The summed E-state index contributed by atoms with van der Waals surface area (Å²) < 4.78 is 16.0. The van der Waals surface area contributed by atoms with Gasteiger partial charge >= 0.3 is 5.97 Å². The first kappa shape index (κ1) is 19.4. The van der Waals surface area contributed by atoms with Crippen LogP contribution in [-0.4, -0.2) is 37.4 Å². The molecule has 0 aliphatic carbocycles. The first-order valence-electron chi connectivity index (χ1n) is 8.25. The van der Waals surface area contributed by atoms with E-state index in [1.54, 1.807) is 18.2 Å². The van der Waals surface area contributed by atoms with Crippen molar-refractivity contribution in [3.8, 4) is 11.5 Å². The molecule has 1 amide bonds. The predicted molar refractivity (Wildman–Crippen MR) is 104 cm³/mol. The number of amides is 1. The van der Waals surface area contributed by atoms with Crippen LogP contribution in [0.3, 0.4) is 0 Å². The molecule has 1 aliphatic heterocycles. The second-order valence-electron chi connectivity index (χ2n) is 5.79. The molecule has 6 nitrogen and oxygen atoms in total. The third-order valence-corrected chi connectivity index (χ3v) is 4.91. The predicted octanol–water partition coefficient (Wildman–Crippen LogP) is 3.69. The van der Waals surface area contributed by atoms with Crippen LogP contribution in [0.4, 0.5) is 5.69 Å². The quantitative estimate of drug-likeness (QED) is 0.581. The van der Waals surface area contributed by atoms with E-state index in [9.17, 15) is 9.59 Å². The Kier molecular flexibility index (Phi) is 6.47. The first-order chi connectivity index (χ1) is 13.0. The molecular weight excluding hydrogens is 390 g/mol. The van der Waals surface area contributed by atoms with E-state index in [1.807, 2.05) is 25.1 Å². The summed E-state index contributed by atoms with van der Waals surface area (Å²) in [6.07, 6.45) is 0. The van der Waals surface area contributed by atoms with Crippen LogP contribution in [0.15, 0.2) is 41.3 Å². The Morgan fingerprint density at radius 1 is 1.15 bits per heavy atom. The summed E-state index contributed by atoms with van der Waals surface area (Å²) in [6, 6.07) is 10.7. The minimum Gasteiger partial charge on any atom is -0.486 e. The molecule has 2 aromatic rings. The van der Waals surface area contributed by atoms with E-state index < -0.39 is 11.9 Å². The molecule has 0 fully saturated rings. The number of nitrogens with one attached hydrogen (secondary N) is 1. The highest BCUT2D eigenvalue weighted by Crippen LogP contribution is 2.34. The summed E-state index contributed by atoms with van der Waals surface area (Å²) in [6.45, 7) is 2.56. The highest BCUT2D eigenvalue weighted by molar-refractivity contribution is 8.00. The number of aryl methyl sites for hydroxylation is 1. The maximum Gasteiger partial charge on any atom is 0.316 e. The lowest BCUT2D eigenvalue weighted by molar-refractivity contribution is -0.144. The van der Waals surface area contributed by atoms with Crippen LogP contribution in [0.2, 0.25) is 5.02 Å². The van der Waals surface area contributed by atoms with Crippen molar-refractivity contribution in [2.24, 2.45) is 0 Å². The number of hydrogen-bond acceptors (Lipinski definition) is 6. The summed E-state index contributed by atoms with van der Waals surface area (Å²) in [5.41, 5.74) is 1.47. The van der Waals surface area contributed by atoms with Gasteiger partial charge in [0.25, 0.3) is 5.91 Å². The molecule has 1 heterocycles. The van der Waals surface area contributed by atoms with Crippen LogP contribution in [0, 0.1) is 6.92 Å². The Balaban J connectivity index is 1.43. The SMILES string of the molecule is Cc1ccc(NC(=O)COC(=O)CSc2ccc3c(c2)OCCO3)c(Cl)c1. The smallest absolute Gasteiger partial charge is 0.316 e. The van der Waals surface area contributed by atoms with Gasteiger partial charge in [-0.25, -0.2) is 0 Å².